The Balaban J connectivity index is 0.000000155. The minimum absolute atomic E-state index is 0.0146. The first kappa shape index (κ1) is 50.4. The second-order valence-electron chi connectivity index (χ2n) is 17.7. The van der Waals surface area contributed by atoms with Gasteiger partial charge in [0.05, 0.1) is 29.3 Å². The Morgan fingerprint density at radius 1 is 0.543 bits per heavy atom. The number of nitrogens with zero attached hydrogens (tertiary/aromatic N) is 10. The SMILES string of the molecule is CC1CN(c2nc(C(N)=O)cc(-c3ccccc3)n2)CC(C)O1.CN(C)C(=O)c1cc(-c2ccccc2)nc(N2CCCCCC2)n1.NC(=O)c1cc(-c2cccc(F)c2F)nc(N2CCCCC2)n1. The number of rotatable bonds is 9. The molecule has 3 aliphatic rings. The Morgan fingerprint density at radius 2 is 0.957 bits per heavy atom. The molecule has 3 aromatic carbocycles. The largest absolute Gasteiger partial charge is 0.372 e. The van der Waals surface area contributed by atoms with Gasteiger partial charge >= 0.3 is 0 Å². The normalized spacial score (nSPS) is 17.0. The summed E-state index contributed by atoms with van der Waals surface area (Å²) in [5.74, 6) is -1.85. The van der Waals surface area contributed by atoms with Crippen LogP contribution < -0.4 is 26.2 Å². The van der Waals surface area contributed by atoms with E-state index in [-0.39, 0.29) is 40.8 Å². The number of hydrogen-bond donors (Lipinski definition) is 2. The standard InChI is InChI=1S/C19H24N4O.C17H20N4O2.C16H16F2N4O/c1-22(2)18(24)17-14-16(15-10-6-5-7-11-15)20-19(21-17)23-12-8-3-4-9-13-23;1-11-9-21(10-12(2)23-11)17-19-14(8-15(20-17)16(18)22)13-6-4-3-5-7-13;17-11-6-4-5-10(14(11)18)12-9-13(15(19)23)21-16(20-12)22-7-2-1-3-8-22/h5-7,10-11,14H,3-4,8-9,12-13H2,1-2H3;3-8,11-12H,9-10H2,1-2H3,(H2,18,22);4-6,9H,1-3,7-8H2,(H2,19,23). The number of halogens is 2. The lowest BCUT2D eigenvalue weighted by Gasteiger charge is -2.35. The van der Waals surface area contributed by atoms with Crippen LogP contribution in [0, 0.1) is 11.6 Å². The van der Waals surface area contributed by atoms with Gasteiger partial charge in [0.2, 0.25) is 17.8 Å². The summed E-state index contributed by atoms with van der Waals surface area (Å²) < 4.78 is 33.2. The summed E-state index contributed by atoms with van der Waals surface area (Å²) in [5, 5.41) is 0. The van der Waals surface area contributed by atoms with Crippen molar-refractivity contribution in [2.24, 2.45) is 11.5 Å². The summed E-state index contributed by atoms with van der Waals surface area (Å²) in [6, 6.07) is 28.2. The molecule has 3 aromatic heterocycles. The highest BCUT2D eigenvalue weighted by molar-refractivity contribution is 5.94. The van der Waals surface area contributed by atoms with Gasteiger partial charge in [0.15, 0.2) is 11.6 Å². The van der Waals surface area contributed by atoms with Crippen LogP contribution in [0.3, 0.4) is 0 Å². The van der Waals surface area contributed by atoms with E-state index in [9.17, 15) is 23.2 Å². The fourth-order valence-corrected chi connectivity index (χ4v) is 8.38. The molecule has 3 fully saturated rings. The maximum absolute atomic E-state index is 14.0. The quantitative estimate of drug-likeness (QED) is 0.144. The maximum Gasteiger partial charge on any atom is 0.272 e. The van der Waals surface area contributed by atoms with Gasteiger partial charge in [-0.25, -0.2) is 38.7 Å². The molecule has 366 valence electrons. The van der Waals surface area contributed by atoms with Crippen LogP contribution in [0.5, 0.6) is 0 Å². The molecule has 2 unspecified atom stereocenters. The van der Waals surface area contributed by atoms with Gasteiger partial charge in [-0.15, -0.1) is 0 Å². The summed E-state index contributed by atoms with van der Waals surface area (Å²) in [7, 11) is 3.50. The molecule has 2 atom stereocenters. The number of hydrogen-bond acceptors (Lipinski definition) is 13. The van der Waals surface area contributed by atoms with E-state index >= 15 is 0 Å². The molecule has 3 saturated heterocycles. The van der Waals surface area contributed by atoms with E-state index in [2.05, 4.69) is 29.8 Å². The second kappa shape index (κ2) is 23.7. The summed E-state index contributed by atoms with van der Waals surface area (Å²) in [6.45, 7) is 8.81. The van der Waals surface area contributed by atoms with Gasteiger partial charge in [-0.2, -0.15) is 0 Å². The van der Waals surface area contributed by atoms with Crippen LogP contribution in [0.15, 0.2) is 97.1 Å². The number of benzene rings is 3. The lowest BCUT2D eigenvalue weighted by Crippen LogP contribution is -2.46. The minimum atomic E-state index is -1.01. The fraction of sp³-hybridized carbons (Fsp3) is 0.365. The molecule has 70 heavy (non-hydrogen) atoms. The van der Waals surface area contributed by atoms with E-state index in [0.29, 0.717) is 42.3 Å². The molecule has 0 bridgehead atoms. The van der Waals surface area contributed by atoms with Gasteiger partial charge in [0, 0.05) is 70.1 Å². The predicted octanol–water partition coefficient (Wildman–Crippen LogP) is 7.59. The molecule has 0 aliphatic carbocycles. The van der Waals surface area contributed by atoms with Crippen molar-refractivity contribution in [2.45, 2.75) is 71.0 Å². The number of carbonyl (C=O) groups is 3. The molecule has 0 radical (unpaired) electrons. The van der Waals surface area contributed by atoms with Crippen LogP contribution in [0.1, 0.15) is 90.3 Å². The van der Waals surface area contributed by atoms with Gasteiger partial charge in [-0.3, -0.25) is 14.4 Å². The van der Waals surface area contributed by atoms with Gasteiger partial charge in [-0.1, -0.05) is 79.6 Å². The average Bonchev–Trinajstić information content (AvgIpc) is 3.67. The van der Waals surface area contributed by atoms with Gasteiger partial charge in [0.25, 0.3) is 17.7 Å². The number of nitrogens with two attached hydrogens (primary N) is 2. The lowest BCUT2D eigenvalue weighted by molar-refractivity contribution is -0.00572. The Morgan fingerprint density at radius 3 is 1.43 bits per heavy atom. The van der Waals surface area contributed by atoms with E-state index in [1.165, 1.54) is 31.0 Å². The summed E-state index contributed by atoms with van der Waals surface area (Å²) in [5.41, 5.74) is 15.0. The number of morpholine rings is 1. The number of anilines is 3. The highest BCUT2D eigenvalue weighted by Gasteiger charge is 2.26. The van der Waals surface area contributed by atoms with Crippen molar-refractivity contribution in [3.8, 4) is 33.8 Å². The topological polar surface area (TPSA) is 203 Å². The van der Waals surface area contributed by atoms with Crippen molar-refractivity contribution in [1.29, 1.82) is 0 Å². The Hall–Kier alpha value is -7.47. The summed E-state index contributed by atoms with van der Waals surface area (Å²) in [6.07, 6.45) is 8.07. The van der Waals surface area contributed by atoms with Crippen LogP contribution in [0.25, 0.3) is 33.8 Å². The van der Waals surface area contributed by atoms with Crippen molar-refractivity contribution >= 4 is 35.6 Å². The number of piperidine rings is 1. The molecule has 3 aliphatic heterocycles. The smallest absolute Gasteiger partial charge is 0.272 e. The third kappa shape index (κ3) is 13.2. The van der Waals surface area contributed by atoms with E-state index in [1.54, 1.807) is 31.1 Å². The molecule has 18 heteroatoms. The zero-order valence-corrected chi connectivity index (χ0v) is 40.1. The second-order valence-corrected chi connectivity index (χ2v) is 17.7. The predicted molar refractivity (Wildman–Crippen MR) is 266 cm³/mol. The first-order valence-corrected chi connectivity index (χ1v) is 23.7. The van der Waals surface area contributed by atoms with Crippen molar-refractivity contribution in [3.63, 3.8) is 0 Å². The number of primary amides is 2. The molecule has 6 aromatic rings. The lowest BCUT2D eigenvalue weighted by atomic mass is 10.1. The molecule has 6 heterocycles. The minimum Gasteiger partial charge on any atom is -0.372 e. The fourth-order valence-electron chi connectivity index (χ4n) is 8.38. The van der Waals surface area contributed by atoms with Crippen molar-refractivity contribution < 1.29 is 27.9 Å². The van der Waals surface area contributed by atoms with Crippen molar-refractivity contribution in [3.05, 3.63) is 126 Å². The van der Waals surface area contributed by atoms with E-state index in [0.717, 1.165) is 81.2 Å². The third-order valence-corrected chi connectivity index (χ3v) is 11.9. The monoisotopic (exact) mass is 954 g/mol. The van der Waals surface area contributed by atoms with E-state index in [4.69, 9.17) is 21.2 Å². The van der Waals surface area contributed by atoms with Crippen LogP contribution in [-0.2, 0) is 4.74 Å². The van der Waals surface area contributed by atoms with Crippen molar-refractivity contribution in [1.82, 2.24) is 34.8 Å². The van der Waals surface area contributed by atoms with Crippen molar-refractivity contribution in [2.75, 3.05) is 68.1 Å². The van der Waals surface area contributed by atoms with E-state index in [1.807, 2.05) is 84.3 Å². The highest BCUT2D eigenvalue weighted by Crippen LogP contribution is 2.28. The van der Waals surface area contributed by atoms with E-state index < -0.39 is 23.4 Å². The zero-order chi connectivity index (χ0) is 49.7. The third-order valence-electron chi connectivity index (χ3n) is 11.9. The molecule has 16 nitrogen and oxygen atoms in total. The number of amides is 3. The maximum atomic E-state index is 14.0. The number of aromatic nitrogens is 6. The number of ether oxygens (including phenoxy) is 1. The van der Waals surface area contributed by atoms with Crippen LogP contribution in [0.4, 0.5) is 26.6 Å². The van der Waals surface area contributed by atoms with Gasteiger partial charge in [-0.05, 0) is 76.3 Å². The van der Waals surface area contributed by atoms with Crippen LogP contribution >= 0.6 is 0 Å². The molecular formula is C52H60F2N12O4. The summed E-state index contributed by atoms with van der Waals surface area (Å²) in [4.78, 5) is 70.1. The molecule has 0 spiro atoms. The molecule has 9 rings (SSSR count). The highest BCUT2D eigenvalue weighted by atomic mass is 19.2. The Bertz CT molecular complexity index is 2730. The molecule has 3 amide bonds. The first-order chi connectivity index (χ1) is 33.7. The van der Waals surface area contributed by atoms with Crippen LogP contribution in [0.2, 0.25) is 0 Å². The molecular weight excluding hydrogens is 895 g/mol. The van der Waals surface area contributed by atoms with Gasteiger partial charge < -0.3 is 35.8 Å². The first-order valence-electron chi connectivity index (χ1n) is 23.7. The molecule has 0 saturated carbocycles. The number of carbonyl (C=O) groups excluding carboxylic acids is 3. The molecule has 4 N–H and O–H groups in total. The Kier molecular flexibility index (Phi) is 17.1. The Labute approximate surface area is 407 Å². The summed E-state index contributed by atoms with van der Waals surface area (Å²) >= 11 is 0. The van der Waals surface area contributed by atoms with Crippen LogP contribution in [-0.4, -0.2) is 118 Å². The average molecular weight is 955 g/mol. The van der Waals surface area contributed by atoms with Gasteiger partial charge in [0.1, 0.15) is 17.1 Å². The zero-order valence-electron chi connectivity index (χ0n) is 40.1.